The Morgan fingerprint density at radius 1 is 0.967 bits per heavy atom. The highest BCUT2D eigenvalue weighted by Crippen LogP contribution is 2.33. The van der Waals surface area contributed by atoms with Crippen molar-refractivity contribution >= 4 is 22.7 Å². The number of aliphatic hydroxyl groups excluding tert-OH is 3. The number of fused-ring (bicyclic) bond motifs is 1. The fourth-order valence-electron chi connectivity index (χ4n) is 4.00. The van der Waals surface area contributed by atoms with Crippen LogP contribution in [0.15, 0.2) is 42.6 Å². The third-order valence-electron chi connectivity index (χ3n) is 5.93. The molecular weight excluding hydrogens is 382 g/mol. The normalized spacial score (nSPS) is 26.1. The van der Waals surface area contributed by atoms with Crippen LogP contribution in [0.25, 0.3) is 22.2 Å². The van der Waals surface area contributed by atoms with Crippen molar-refractivity contribution in [2.45, 2.75) is 43.6 Å². The monoisotopic (exact) mass is 407 g/mol. The highest BCUT2D eigenvalue weighted by atomic mass is 16.3. The molecule has 2 aliphatic rings. The number of aliphatic hydroxyl groups is 3. The highest BCUT2D eigenvalue weighted by Gasteiger charge is 2.41. The number of anilines is 2. The van der Waals surface area contributed by atoms with Crippen molar-refractivity contribution in [2.24, 2.45) is 5.92 Å². The molecule has 5 rings (SSSR count). The third kappa shape index (κ3) is 3.69. The molecule has 5 N–H and O–H groups in total. The SMILES string of the molecule is OC[C@H]1CC(Nc2nc(NC3CC3)ncc2-c2ccc3ccccc3n2)[C@H](O)[C@@H]1O. The van der Waals surface area contributed by atoms with E-state index in [0.717, 1.165) is 35.0 Å². The van der Waals surface area contributed by atoms with Crippen LogP contribution in [0.3, 0.4) is 0 Å². The van der Waals surface area contributed by atoms with E-state index in [1.165, 1.54) is 0 Å². The molecule has 8 heteroatoms. The quantitative estimate of drug-likeness (QED) is 0.419. The molecule has 2 aliphatic carbocycles. The number of hydrogen-bond donors (Lipinski definition) is 5. The van der Waals surface area contributed by atoms with E-state index in [9.17, 15) is 15.3 Å². The van der Waals surface area contributed by atoms with E-state index in [0.29, 0.717) is 24.2 Å². The highest BCUT2D eigenvalue weighted by molar-refractivity contribution is 5.83. The minimum Gasteiger partial charge on any atom is -0.396 e. The first-order chi connectivity index (χ1) is 14.6. The molecule has 3 aromatic rings. The zero-order valence-electron chi connectivity index (χ0n) is 16.4. The first-order valence-corrected chi connectivity index (χ1v) is 10.4. The second-order valence-electron chi connectivity index (χ2n) is 8.17. The van der Waals surface area contributed by atoms with Gasteiger partial charge in [-0.2, -0.15) is 4.98 Å². The Bertz CT molecular complexity index is 1060. The lowest BCUT2D eigenvalue weighted by Gasteiger charge is -2.20. The Kier molecular flexibility index (Phi) is 4.98. The summed E-state index contributed by atoms with van der Waals surface area (Å²) in [7, 11) is 0. The second kappa shape index (κ2) is 7.79. The number of benzene rings is 1. The van der Waals surface area contributed by atoms with Gasteiger partial charge in [0.2, 0.25) is 5.95 Å². The van der Waals surface area contributed by atoms with Crippen LogP contribution in [-0.4, -0.2) is 61.2 Å². The summed E-state index contributed by atoms with van der Waals surface area (Å²) in [5, 5.41) is 37.7. The van der Waals surface area contributed by atoms with Gasteiger partial charge in [0.1, 0.15) is 11.9 Å². The predicted molar refractivity (Wildman–Crippen MR) is 114 cm³/mol. The summed E-state index contributed by atoms with van der Waals surface area (Å²) in [6.07, 6.45) is 2.42. The summed E-state index contributed by atoms with van der Waals surface area (Å²) in [5.41, 5.74) is 2.31. The number of rotatable bonds is 6. The lowest BCUT2D eigenvalue weighted by molar-refractivity contribution is 0.00446. The van der Waals surface area contributed by atoms with Crippen LogP contribution >= 0.6 is 0 Å². The maximum atomic E-state index is 10.4. The molecule has 1 unspecified atom stereocenters. The molecule has 2 saturated carbocycles. The maximum absolute atomic E-state index is 10.4. The number of aromatic nitrogens is 3. The van der Waals surface area contributed by atoms with Crippen LogP contribution < -0.4 is 10.6 Å². The van der Waals surface area contributed by atoms with Gasteiger partial charge in [-0.05, 0) is 31.4 Å². The number of nitrogens with zero attached hydrogens (tertiary/aromatic N) is 3. The van der Waals surface area contributed by atoms with Gasteiger partial charge < -0.3 is 26.0 Å². The van der Waals surface area contributed by atoms with Crippen LogP contribution in [-0.2, 0) is 0 Å². The van der Waals surface area contributed by atoms with Crippen molar-refractivity contribution in [3.05, 3.63) is 42.6 Å². The average molecular weight is 407 g/mol. The van der Waals surface area contributed by atoms with E-state index in [1.807, 2.05) is 36.4 Å². The van der Waals surface area contributed by atoms with Crippen LogP contribution in [0.4, 0.5) is 11.8 Å². The molecule has 0 saturated heterocycles. The number of pyridine rings is 1. The standard InChI is InChI=1S/C22H25N5O3/c28-11-13-9-18(20(30)19(13)29)26-21-15(10-23-22(27-21)24-14-6-7-14)17-8-5-12-3-1-2-4-16(12)25-17/h1-5,8,10,13-14,18-20,28-30H,6-7,9,11H2,(H2,23,24,26,27)/t13-,18?,19-,20+/m1/s1. The van der Waals surface area contributed by atoms with Gasteiger partial charge in [-0.1, -0.05) is 24.3 Å². The fourth-order valence-corrected chi connectivity index (χ4v) is 4.00. The fraction of sp³-hybridized carbons (Fsp3) is 0.409. The van der Waals surface area contributed by atoms with Gasteiger partial charge >= 0.3 is 0 Å². The summed E-state index contributed by atoms with van der Waals surface area (Å²) in [4.78, 5) is 13.9. The van der Waals surface area contributed by atoms with E-state index in [-0.39, 0.29) is 12.5 Å². The molecule has 2 aromatic heterocycles. The lowest BCUT2D eigenvalue weighted by Crippen LogP contribution is -2.35. The Labute approximate surface area is 174 Å². The third-order valence-corrected chi connectivity index (χ3v) is 5.93. The Hall–Kier alpha value is -2.81. The molecule has 0 radical (unpaired) electrons. The van der Waals surface area contributed by atoms with Crippen LogP contribution in [0, 0.1) is 5.92 Å². The molecule has 0 aliphatic heterocycles. The van der Waals surface area contributed by atoms with Gasteiger partial charge in [-0.25, -0.2) is 9.97 Å². The zero-order valence-corrected chi connectivity index (χ0v) is 16.4. The first kappa shape index (κ1) is 19.2. The minimum absolute atomic E-state index is 0.173. The Balaban J connectivity index is 1.51. The lowest BCUT2D eigenvalue weighted by atomic mass is 10.1. The smallest absolute Gasteiger partial charge is 0.224 e. The number of hydrogen-bond acceptors (Lipinski definition) is 8. The molecule has 2 fully saturated rings. The van der Waals surface area contributed by atoms with Crippen LogP contribution in [0.5, 0.6) is 0 Å². The predicted octanol–water partition coefficient (Wildman–Crippen LogP) is 1.78. The molecule has 0 bridgehead atoms. The summed E-state index contributed by atoms with van der Waals surface area (Å²) < 4.78 is 0. The van der Waals surface area contributed by atoms with Crippen molar-refractivity contribution in [3.8, 4) is 11.3 Å². The van der Waals surface area contributed by atoms with E-state index in [1.54, 1.807) is 6.20 Å². The minimum atomic E-state index is -0.991. The van der Waals surface area contributed by atoms with Gasteiger partial charge in [0.15, 0.2) is 0 Å². The number of nitrogens with one attached hydrogen (secondary N) is 2. The summed E-state index contributed by atoms with van der Waals surface area (Å²) in [6.45, 7) is -0.173. The summed E-state index contributed by atoms with van der Waals surface area (Å²) >= 11 is 0. The van der Waals surface area contributed by atoms with Crippen molar-refractivity contribution in [1.82, 2.24) is 15.0 Å². The van der Waals surface area contributed by atoms with Crippen molar-refractivity contribution in [2.75, 3.05) is 17.2 Å². The van der Waals surface area contributed by atoms with Gasteiger partial charge in [0.25, 0.3) is 0 Å². The molecule has 1 aromatic carbocycles. The van der Waals surface area contributed by atoms with E-state index in [2.05, 4.69) is 20.6 Å². The van der Waals surface area contributed by atoms with Crippen LogP contribution in [0.1, 0.15) is 19.3 Å². The van der Waals surface area contributed by atoms with E-state index in [4.69, 9.17) is 4.98 Å². The van der Waals surface area contributed by atoms with E-state index >= 15 is 0 Å². The molecule has 2 heterocycles. The van der Waals surface area contributed by atoms with Gasteiger partial charge in [-0.15, -0.1) is 0 Å². The molecular formula is C22H25N5O3. The largest absolute Gasteiger partial charge is 0.396 e. The van der Waals surface area contributed by atoms with Crippen molar-refractivity contribution in [3.63, 3.8) is 0 Å². The van der Waals surface area contributed by atoms with Gasteiger partial charge in [0.05, 0.1) is 28.9 Å². The maximum Gasteiger partial charge on any atom is 0.224 e. The Morgan fingerprint density at radius 2 is 1.80 bits per heavy atom. The zero-order chi connectivity index (χ0) is 20.7. The van der Waals surface area contributed by atoms with Crippen molar-refractivity contribution in [1.29, 1.82) is 0 Å². The molecule has 8 nitrogen and oxygen atoms in total. The molecule has 4 atom stereocenters. The van der Waals surface area contributed by atoms with Gasteiger partial charge in [0, 0.05) is 30.1 Å². The molecule has 156 valence electrons. The number of para-hydroxylation sites is 1. The summed E-state index contributed by atoms with van der Waals surface area (Å²) in [6, 6.07) is 11.8. The second-order valence-corrected chi connectivity index (χ2v) is 8.17. The van der Waals surface area contributed by atoms with E-state index < -0.39 is 18.2 Å². The molecule has 30 heavy (non-hydrogen) atoms. The Morgan fingerprint density at radius 3 is 2.57 bits per heavy atom. The average Bonchev–Trinajstić information content (AvgIpc) is 3.55. The van der Waals surface area contributed by atoms with Gasteiger partial charge in [-0.3, -0.25) is 0 Å². The first-order valence-electron chi connectivity index (χ1n) is 10.4. The summed E-state index contributed by atoms with van der Waals surface area (Å²) in [5.74, 6) is 0.702. The topological polar surface area (TPSA) is 123 Å². The van der Waals surface area contributed by atoms with Crippen LogP contribution in [0.2, 0.25) is 0 Å². The van der Waals surface area contributed by atoms with Crippen molar-refractivity contribution < 1.29 is 15.3 Å². The molecule has 0 amide bonds. The molecule has 0 spiro atoms.